The number of halogens is 1. The van der Waals surface area contributed by atoms with Crippen LogP contribution in [0.15, 0.2) is 23.1 Å². The highest BCUT2D eigenvalue weighted by Crippen LogP contribution is 2.32. The first-order chi connectivity index (χ1) is 9.36. The summed E-state index contributed by atoms with van der Waals surface area (Å²) in [6, 6.07) is 4.05. The summed E-state index contributed by atoms with van der Waals surface area (Å²) in [5, 5.41) is 17.5. The van der Waals surface area contributed by atoms with Gasteiger partial charge in [0.1, 0.15) is 18.4 Å². The monoisotopic (exact) mass is 298 g/mol. The second-order valence-corrected chi connectivity index (χ2v) is 6.32. The number of carboxylic acids is 1. The zero-order valence-corrected chi connectivity index (χ0v) is 11.1. The molecule has 0 radical (unpaired) electrons. The number of nitriles is 1. The number of sulfonamides is 1. The predicted octanol–water partition coefficient (Wildman–Crippen LogP) is 0.935. The topological polar surface area (TPSA) is 98.5 Å². The molecule has 1 aliphatic rings. The molecule has 1 saturated carbocycles. The molecule has 0 saturated heterocycles. The maximum Gasteiger partial charge on any atom is 0.318 e. The third-order valence-electron chi connectivity index (χ3n) is 2.91. The van der Waals surface area contributed by atoms with Gasteiger partial charge < -0.3 is 5.11 Å². The number of hydrogen-bond acceptors (Lipinski definition) is 4. The summed E-state index contributed by atoms with van der Waals surface area (Å²) in [6.45, 7) is -0.647. The van der Waals surface area contributed by atoms with Crippen molar-refractivity contribution in [2.45, 2.75) is 23.8 Å². The Morgan fingerprint density at radius 2 is 2.15 bits per heavy atom. The van der Waals surface area contributed by atoms with Gasteiger partial charge in [-0.2, -0.15) is 9.57 Å². The highest BCUT2D eigenvalue weighted by molar-refractivity contribution is 7.89. The number of benzene rings is 1. The lowest BCUT2D eigenvalue weighted by Crippen LogP contribution is -2.37. The molecular formula is C12H11FN2O4S. The Kier molecular flexibility index (Phi) is 3.74. The van der Waals surface area contributed by atoms with Crippen LogP contribution < -0.4 is 0 Å². The van der Waals surface area contributed by atoms with E-state index in [0.717, 1.165) is 22.5 Å². The fourth-order valence-electron chi connectivity index (χ4n) is 1.79. The fourth-order valence-corrected chi connectivity index (χ4v) is 3.45. The SMILES string of the molecule is N#Cc1cc(S(=O)(=O)N(CC(=O)O)C2CC2)ccc1F. The van der Waals surface area contributed by atoms with Crippen LogP contribution in [0.25, 0.3) is 0 Å². The summed E-state index contributed by atoms with van der Waals surface area (Å²) in [5.41, 5.74) is -0.392. The highest BCUT2D eigenvalue weighted by Gasteiger charge is 2.39. The zero-order chi connectivity index (χ0) is 14.9. The number of rotatable bonds is 5. The first kappa shape index (κ1) is 14.4. The maximum absolute atomic E-state index is 13.2. The molecule has 0 bridgehead atoms. The van der Waals surface area contributed by atoms with Crippen LogP contribution in [-0.2, 0) is 14.8 Å². The van der Waals surface area contributed by atoms with Crippen molar-refractivity contribution in [1.82, 2.24) is 4.31 Å². The van der Waals surface area contributed by atoms with Crippen molar-refractivity contribution in [1.29, 1.82) is 5.26 Å². The molecule has 2 rings (SSSR count). The van der Waals surface area contributed by atoms with Gasteiger partial charge in [-0.25, -0.2) is 12.8 Å². The van der Waals surface area contributed by atoms with Crippen LogP contribution in [-0.4, -0.2) is 36.4 Å². The second-order valence-electron chi connectivity index (χ2n) is 4.43. The van der Waals surface area contributed by atoms with Gasteiger partial charge in [0.25, 0.3) is 0 Å². The summed E-state index contributed by atoms with van der Waals surface area (Å²) in [5.74, 6) is -2.08. The molecule has 0 aliphatic heterocycles. The Morgan fingerprint density at radius 1 is 1.50 bits per heavy atom. The van der Waals surface area contributed by atoms with Gasteiger partial charge in [-0.1, -0.05) is 0 Å². The normalized spacial score (nSPS) is 15.1. The number of nitrogens with zero attached hydrogens (tertiary/aromatic N) is 2. The Balaban J connectivity index is 2.42. The molecule has 1 N–H and O–H groups in total. The van der Waals surface area contributed by atoms with Crippen LogP contribution in [0, 0.1) is 17.1 Å². The minimum Gasteiger partial charge on any atom is -0.480 e. The van der Waals surface area contributed by atoms with Crippen molar-refractivity contribution >= 4 is 16.0 Å². The maximum atomic E-state index is 13.2. The first-order valence-corrected chi connectivity index (χ1v) is 7.23. The molecule has 8 heteroatoms. The van der Waals surface area contributed by atoms with Gasteiger partial charge in [-0.15, -0.1) is 0 Å². The van der Waals surface area contributed by atoms with E-state index < -0.39 is 33.9 Å². The highest BCUT2D eigenvalue weighted by atomic mass is 32.2. The molecule has 20 heavy (non-hydrogen) atoms. The van der Waals surface area contributed by atoms with E-state index in [0.29, 0.717) is 12.8 Å². The van der Waals surface area contributed by atoms with Gasteiger partial charge in [0.15, 0.2) is 0 Å². The Labute approximate surface area is 115 Å². The Morgan fingerprint density at radius 3 is 2.65 bits per heavy atom. The summed E-state index contributed by atoms with van der Waals surface area (Å²) in [4.78, 5) is 10.5. The molecule has 1 aliphatic carbocycles. The molecule has 0 unspecified atom stereocenters. The third kappa shape index (κ3) is 2.79. The van der Waals surface area contributed by atoms with Crippen molar-refractivity contribution in [3.05, 3.63) is 29.6 Å². The third-order valence-corrected chi connectivity index (χ3v) is 4.80. The molecule has 106 valence electrons. The minimum absolute atomic E-state index is 0.274. The van der Waals surface area contributed by atoms with Crippen LogP contribution >= 0.6 is 0 Å². The molecule has 0 heterocycles. The number of carboxylic acid groups (broad SMARTS) is 1. The van der Waals surface area contributed by atoms with E-state index in [2.05, 4.69) is 0 Å². The van der Waals surface area contributed by atoms with E-state index in [1.165, 1.54) is 0 Å². The van der Waals surface area contributed by atoms with Crippen molar-refractivity contribution in [2.75, 3.05) is 6.54 Å². The lowest BCUT2D eigenvalue weighted by Gasteiger charge is -2.19. The molecule has 0 amide bonds. The smallest absolute Gasteiger partial charge is 0.318 e. The lowest BCUT2D eigenvalue weighted by atomic mass is 10.2. The number of aliphatic carboxylic acids is 1. The van der Waals surface area contributed by atoms with Crippen molar-refractivity contribution in [3.63, 3.8) is 0 Å². The van der Waals surface area contributed by atoms with Crippen LogP contribution in [0.4, 0.5) is 4.39 Å². The van der Waals surface area contributed by atoms with E-state index >= 15 is 0 Å². The van der Waals surface area contributed by atoms with Crippen LogP contribution in [0.2, 0.25) is 0 Å². The van der Waals surface area contributed by atoms with E-state index in [1.807, 2.05) is 0 Å². The Hall–Kier alpha value is -1.98. The van der Waals surface area contributed by atoms with Crippen LogP contribution in [0.1, 0.15) is 18.4 Å². The van der Waals surface area contributed by atoms with Crippen LogP contribution in [0.3, 0.4) is 0 Å². The molecule has 1 aromatic carbocycles. The van der Waals surface area contributed by atoms with Gasteiger partial charge in [0, 0.05) is 6.04 Å². The molecule has 1 aromatic rings. The van der Waals surface area contributed by atoms with Crippen molar-refractivity contribution in [3.8, 4) is 6.07 Å². The number of hydrogen-bond donors (Lipinski definition) is 1. The van der Waals surface area contributed by atoms with Crippen molar-refractivity contribution < 1.29 is 22.7 Å². The molecule has 1 fully saturated rings. The molecule has 0 aromatic heterocycles. The van der Waals surface area contributed by atoms with Gasteiger partial charge in [-0.05, 0) is 31.0 Å². The van der Waals surface area contributed by atoms with E-state index in [1.54, 1.807) is 6.07 Å². The van der Waals surface area contributed by atoms with Crippen molar-refractivity contribution in [2.24, 2.45) is 0 Å². The second kappa shape index (κ2) is 5.19. The van der Waals surface area contributed by atoms with Crippen LogP contribution in [0.5, 0.6) is 0 Å². The summed E-state index contributed by atoms with van der Waals surface area (Å²) < 4.78 is 38.8. The molecule has 0 spiro atoms. The molecule has 6 nitrogen and oxygen atoms in total. The van der Waals surface area contributed by atoms with Gasteiger partial charge in [0.05, 0.1) is 10.5 Å². The quantitative estimate of drug-likeness (QED) is 0.872. The summed E-state index contributed by atoms with van der Waals surface area (Å²) in [6.07, 6.45) is 1.19. The number of carbonyl (C=O) groups is 1. The molecular weight excluding hydrogens is 287 g/mol. The lowest BCUT2D eigenvalue weighted by molar-refractivity contribution is -0.137. The van der Waals surface area contributed by atoms with E-state index in [-0.39, 0.29) is 10.9 Å². The summed E-state index contributed by atoms with van der Waals surface area (Å²) in [7, 11) is -4.05. The fraction of sp³-hybridized carbons (Fsp3) is 0.333. The van der Waals surface area contributed by atoms with E-state index in [9.17, 15) is 17.6 Å². The van der Waals surface area contributed by atoms with Gasteiger partial charge in [-0.3, -0.25) is 4.79 Å². The zero-order valence-electron chi connectivity index (χ0n) is 10.3. The average Bonchev–Trinajstić information content (AvgIpc) is 3.20. The van der Waals surface area contributed by atoms with Gasteiger partial charge in [0.2, 0.25) is 10.0 Å². The minimum atomic E-state index is -4.05. The molecule has 0 atom stereocenters. The Bertz CT molecular complexity index is 692. The average molecular weight is 298 g/mol. The predicted molar refractivity (Wildman–Crippen MR) is 65.7 cm³/mol. The first-order valence-electron chi connectivity index (χ1n) is 5.79. The largest absolute Gasteiger partial charge is 0.480 e. The van der Waals surface area contributed by atoms with Gasteiger partial charge >= 0.3 is 5.97 Å². The van der Waals surface area contributed by atoms with E-state index in [4.69, 9.17) is 10.4 Å². The standard InChI is InChI=1S/C12H11FN2O4S/c13-11-4-3-10(5-8(11)6-14)20(18,19)15(7-12(16)17)9-1-2-9/h3-5,9H,1-2,7H2,(H,16,17). The summed E-state index contributed by atoms with van der Waals surface area (Å²) >= 11 is 0.